The van der Waals surface area contributed by atoms with Gasteiger partial charge in [-0.2, -0.15) is 0 Å². The molecule has 0 heterocycles. The molecule has 5 nitrogen and oxygen atoms in total. The van der Waals surface area contributed by atoms with Gasteiger partial charge >= 0.3 is 11.9 Å². The van der Waals surface area contributed by atoms with Crippen LogP contribution in [0.25, 0.3) is 0 Å². The molecule has 0 spiro atoms. The Balaban J connectivity index is -0.000000600. The van der Waals surface area contributed by atoms with Crippen molar-refractivity contribution in [3.8, 4) is 0 Å². The zero-order chi connectivity index (χ0) is 33.9. The van der Waals surface area contributed by atoms with Crippen molar-refractivity contribution in [1.29, 1.82) is 0 Å². The fourth-order valence-corrected chi connectivity index (χ4v) is 5.48. The summed E-state index contributed by atoms with van der Waals surface area (Å²) in [4.78, 5) is 20.4. The molecular weight excluding hydrogens is 560 g/mol. The predicted octanol–water partition coefficient (Wildman–Crippen LogP) is 13.4. The highest BCUT2D eigenvalue weighted by Crippen LogP contribution is 2.14. The molecule has 0 aliphatic heterocycles. The van der Waals surface area contributed by atoms with Gasteiger partial charge in [0, 0.05) is 19.4 Å². The Morgan fingerprint density at radius 3 is 0.667 bits per heavy atom. The first-order valence-electron chi connectivity index (χ1n) is 20.0. The number of aliphatic carboxylic acids is 2. The summed E-state index contributed by atoms with van der Waals surface area (Å²) >= 11 is 0. The van der Waals surface area contributed by atoms with Crippen molar-refractivity contribution in [2.75, 3.05) is 6.61 Å². The lowest BCUT2D eigenvalue weighted by atomic mass is 10.0. The highest BCUT2D eigenvalue weighted by atomic mass is 16.4. The molecule has 0 aliphatic carbocycles. The van der Waals surface area contributed by atoms with Crippen LogP contribution in [0.15, 0.2) is 0 Å². The van der Waals surface area contributed by atoms with Gasteiger partial charge in [-0.3, -0.25) is 9.59 Å². The number of hydrogen-bond donors (Lipinski definition) is 3. The van der Waals surface area contributed by atoms with Crippen LogP contribution >= 0.6 is 0 Å². The fourth-order valence-electron chi connectivity index (χ4n) is 5.48. The van der Waals surface area contributed by atoms with Crippen LogP contribution in [0.3, 0.4) is 0 Å². The average Bonchev–Trinajstić information content (AvgIpc) is 3.02. The first kappa shape index (κ1) is 48.3. The largest absolute Gasteiger partial charge is 0.481 e. The van der Waals surface area contributed by atoms with E-state index in [0.29, 0.717) is 19.4 Å². The van der Waals surface area contributed by atoms with Crippen LogP contribution in [0, 0.1) is 0 Å². The summed E-state index contributed by atoms with van der Waals surface area (Å²) in [6, 6.07) is 0. The maximum atomic E-state index is 10.3. The summed E-state index contributed by atoms with van der Waals surface area (Å²) in [6.45, 7) is 7.10. The van der Waals surface area contributed by atoms with Crippen LogP contribution in [0.1, 0.15) is 239 Å². The lowest BCUT2D eigenvalue weighted by Crippen LogP contribution is -1.93. The molecule has 0 aliphatic rings. The second-order valence-corrected chi connectivity index (χ2v) is 13.3. The van der Waals surface area contributed by atoms with Gasteiger partial charge in [-0.05, 0) is 19.3 Å². The lowest BCUT2D eigenvalue weighted by molar-refractivity contribution is -0.138. The number of hydrogen-bond acceptors (Lipinski definition) is 3. The number of carboxylic acid groups (broad SMARTS) is 2. The maximum Gasteiger partial charge on any atom is 0.303 e. The number of aliphatic hydroxyl groups is 1. The standard InChI is InChI=1S/C16H32O2.C14H30O.C10H20O2/c1-2-3-4-5-6-7-8-9-10-11-12-13-14-15-16(17)18;1-2-3-4-5-6-7-8-9-10-11-12-13-14-15;1-2-3-4-5-6-7-8-9-10(11)12/h2-15H2,1H3,(H,17,18);15H,2-14H2,1H3;2-9H2,1H3,(H,11,12). The van der Waals surface area contributed by atoms with Crippen molar-refractivity contribution in [2.24, 2.45) is 0 Å². The van der Waals surface area contributed by atoms with Crippen molar-refractivity contribution < 1.29 is 24.9 Å². The molecule has 5 heteroatoms. The Morgan fingerprint density at radius 1 is 0.311 bits per heavy atom. The Labute approximate surface area is 282 Å². The summed E-state index contributed by atoms with van der Waals surface area (Å²) in [5, 5.41) is 25.5. The van der Waals surface area contributed by atoms with E-state index in [0.717, 1.165) is 32.1 Å². The van der Waals surface area contributed by atoms with Crippen molar-refractivity contribution in [3.05, 3.63) is 0 Å². The van der Waals surface area contributed by atoms with Crippen molar-refractivity contribution in [2.45, 2.75) is 239 Å². The molecule has 0 bridgehead atoms. The minimum absolute atomic E-state index is 0.341. The molecular formula is C40H82O5. The van der Waals surface area contributed by atoms with Crippen LogP contribution in [-0.2, 0) is 9.59 Å². The van der Waals surface area contributed by atoms with Gasteiger partial charge < -0.3 is 15.3 Å². The molecule has 0 unspecified atom stereocenters. The molecule has 0 fully saturated rings. The minimum Gasteiger partial charge on any atom is -0.481 e. The highest BCUT2D eigenvalue weighted by molar-refractivity contribution is 5.66. The molecule has 0 amide bonds. The zero-order valence-corrected chi connectivity index (χ0v) is 30.9. The third-order valence-corrected chi connectivity index (χ3v) is 8.50. The van der Waals surface area contributed by atoms with E-state index in [9.17, 15) is 9.59 Å². The summed E-state index contributed by atoms with van der Waals surface area (Å²) in [6.07, 6.45) is 42.2. The van der Waals surface area contributed by atoms with E-state index in [-0.39, 0.29) is 0 Å². The molecule has 0 atom stereocenters. The quantitative estimate of drug-likeness (QED) is 0.0607. The molecule has 0 aromatic heterocycles. The maximum absolute atomic E-state index is 10.3. The number of rotatable bonds is 34. The Bertz CT molecular complexity index is 525. The number of unbranched alkanes of at least 4 members (excludes halogenated alkanes) is 29. The normalized spacial score (nSPS) is 10.6. The number of carbonyl (C=O) groups is 2. The van der Waals surface area contributed by atoms with Gasteiger partial charge in [-0.1, -0.05) is 207 Å². The fraction of sp³-hybridized carbons (Fsp3) is 0.950. The monoisotopic (exact) mass is 643 g/mol. The lowest BCUT2D eigenvalue weighted by Gasteiger charge is -2.02. The van der Waals surface area contributed by atoms with Gasteiger partial charge in [0.25, 0.3) is 0 Å². The van der Waals surface area contributed by atoms with Crippen LogP contribution in [0.4, 0.5) is 0 Å². The second-order valence-electron chi connectivity index (χ2n) is 13.3. The predicted molar refractivity (Wildman–Crippen MR) is 196 cm³/mol. The Morgan fingerprint density at radius 2 is 0.489 bits per heavy atom. The number of carboxylic acids is 2. The van der Waals surface area contributed by atoms with Gasteiger partial charge in [0.15, 0.2) is 0 Å². The van der Waals surface area contributed by atoms with Crippen LogP contribution < -0.4 is 0 Å². The third kappa shape index (κ3) is 58.9. The molecule has 0 aromatic rings. The molecule has 45 heavy (non-hydrogen) atoms. The van der Waals surface area contributed by atoms with E-state index in [2.05, 4.69) is 20.8 Å². The SMILES string of the molecule is CCCCCCCCCC(=O)O.CCCCCCCCCCCCCCCC(=O)O.CCCCCCCCCCCCCCO. The molecule has 3 N–H and O–H groups in total. The summed E-state index contributed by atoms with van der Waals surface area (Å²) < 4.78 is 0. The molecule has 0 rings (SSSR count). The van der Waals surface area contributed by atoms with E-state index >= 15 is 0 Å². The van der Waals surface area contributed by atoms with Gasteiger partial charge in [-0.25, -0.2) is 0 Å². The van der Waals surface area contributed by atoms with Crippen LogP contribution in [0.5, 0.6) is 0 Å². The second kappa shape index (κ2) is 47.3. The van der Waals surface area contributed by atoms with E-state index < -0.39 is 11.9 Å². The minimum atomic E-state index is -0.663. The number of aliphatic hydroxyl groups excluding tert-OH is 1. The van der Waals surface area contributed by atoms with Crippen molar-refractivity contribution >= 4 is 11.9 Å². The Hall–Kier alpha value is -1.10. The third-order valence-electron chi connectivity index (χ3n) is 8.50. The Kier molecular flexibility index (Phi) is 50.8. The molecule has 272 valence electrons. The van der Waals surface area contributed by atoms with Crippen molar-refractivity contribution in [3.63, 3.8) is 0 Å². The average molecular weight is 643 g/mol. The molecule has 0 radical (unpaired) electrons. The summed E-state index contributed by atoms with van der Waals surface area (Å²) in [5.74, 6) is -1.32. The van der Waals surface area contributed by atoms with E-state index in [4.69, 9.17) is 15.3 Å². The van der Waals surface area contributed by atoms with Gasteiger partial charge in [0.05, 0.1) is 0 Å². The van der Waals surface area contributed by atoms with Crippen molar-refractivity contribution in [1.82, 2.24) is 0 Å². The summed E-state index contributed by atoms with van der Waals surface area (Å²) in [5.41, 5.74) is 0. The summed E-state index contributed by atoms with van der Waals surface area (Å²) in [7, 11) is 0. The zero-order valence-electron chi connectivity index (χ0n) is 30.9. The highest BCUT2D eigenvalue weighted by Gasteiger charge is 1.98. The van der Waals surface area contributed by atoms with Gasteiger partial charge in [0.2, 0.25) is 0 Å². The molecule has 0 saturated heterocycles. The molecule has 0 saturated carbocycles. The molecule has 0 aromatic carbocycles. The van der Waals surface area contributed by atoms with Crippen LogP contribution in [-0.4, -0.2) is 33.9 Å². The first-order chi connectivity index (χ1) is 22.0. The van der Waals surface area contributed by atoms with Gasteiger partial charge in [-0.15, -0.1) is 0 Å². The van der Waals surface area contributed by atoms with Crippen LogP contribution in [0.2, 0.25) is 0 Å². The van der Waals surface area contributed by atoms with E-state index in [1.54, 1.807) is 0 Å². The van der Waals surface area contributed by atoms with Gasteiger partial charge in [0.1, 0.15) is 0 Å². The topological polar surface area (TPSA) is 94.8 Å². The smallest absolute Gasteiger partial charge is 0.303 e. The van der Waals surface area contributed by atoms with E-state index in [1.165, 1.54) is 173 Å². The first-order valence-corrected chi connectivity index (χ1v) is 20.0. The van der Waals surface area contributed by atoms with E-state index in [1.807, 2.05) is 0 Å².